The standard InChI is InChI=1S/C27H24N4O4/c1-17(28-26(34)23(32)19-13-7-4-8-14-19)25(33)30-24-27(35)31(2)21-16-10-9-15-20(21)22(29-24)18-11-5-3-6-12-18/h3-17,24H,1-2H3,(H,28,34)(H,30,33)/t17-,24+/m0/s1. The molecule has 0 aliphatic carbocycles. The van der Waals surface area contributed by atoms with Gasteiger partial charge in [0.1, 0.15) is 6.04 Å². The molecule has 0 bridgehead atoms. The molecule has 2 N–H and O–H groups in total. The van der Waals surface area contributed by atoms with E-state index in [9.17, 15) is 19.2 Å². The van der Waals surface area contributed by atoms with Gasteiger partial charge in [-0.25, -0.2) is 4.99 Å². The molecule has 8 nitrogen and oxygen atoms in total. The van der Waals surface area contributed by atoms with E-state index < -0.39 is 35.7 Å². The summed E-state index contributed by atoms with van der Waals surface area (Å²) in [6.45, 7) is 1.44. The lowest BCUT2D eigenvalue weighted by molar-refractivity contribution is -0.129. The number of anilines is 1. The number of ketones is 1. The fourth-order valence-corrected chi connectivity index (χ4v) is 3.75. The van der Waals surface area contributed by atoms with Crippen LogP contribution in [0.2, 0.25) is 0 Å². The van der Waals surface area contributed by atoms with E-state index in [-0.39, 0.29) is 5.56 Å². The summed E-state index contributed by atoms with van der Waals surface area (Å²) in [7, 11) is 1.62. The minimum atomic E-state index is -1.22. The summed E-state index contributed by atoms with van der Waals surface area (Å²) in [5.74, 6) is -2.75. The number of carbonyl (C=O) groups excluding carboxylic acids is 4. The van der Waals surface area contributed by atoms with Crippen molar-refractivity contribution in [3.05, 3.63) is 102 Å². The fraction of sp³-hybridized carbons (Fsp3) is 0.148. The monoisotopic (exact) mass is 468 g/mol. The molecule has 0 aromatic heterocycles. The van der Waals surface area contributed by atoms with E-state index in [1.165, 1.54) is 24.0 Å². The number of para-hydroxylation sites is 1. The van der Waals surface area contributed by atoms with Gasteiger partial charge in [-0.1, -0.05) is 78.9 Å². The van der Waals surface area contributed by atoms with Gasteiger partial charge < -0.3 is 15.5 Å². The molecule has 176 valence electrons. The third kappa shape index (κ3) is 5.01. The zero-order chi connectivity index (χ0) is 24.9. The van der Waals surface area contributed by atoms with Gasteiger partial charge in [0.2, 0.25) is 17.9 Å². The second-order valence-electron chi connectivity index (χ2n) is 8.06. The van der Waals surface area contributed by atoms with Crippen molar-refractivity contribution in [3.8, 4) is 0 Å². The maximum atomic E-state index is 13.2. The number of likely N-dealkylation sites (N-methyl/N-ethyl adjacent to an activating group) is 1. The molecule has 0 unspecified atom stereocenters. The highest BCUT2D eigenvalue weighted by molar-refractivity contribution is 6.43. The normalized spacial score (nSPS) is 15.8. The molecule has 3 aromatic carbocycles. The third-order valence-corrected chi connectivity index (χ3v) is 5.65. The van der Waals surface area contributed by atoms with Crippen molar-refractivity contribution in [3.63, 3.8) is 0 Å². The van der Waals surface area contributed by atoms with Crippen LogP contribution in [0.25, 0.3) is 0 Å². The van der Waals surface area contributed by atoms with Gasteiger partial charge >= 0.3 is 0 Å². The quantitative estimate of drug-likeness (QED) is 0.428. The molecule has 3 amide bonds. The molecular weight excluding hydrogens is 444 g/mol. The Kier molecular flexibility index (Phi) is 6.82. The van der Waals surface area contributed by atoms with Gasteiger partial charge in [-0.05, 0) is 13.0 Å². The summed E-state index contributed by atoms with van der Waals surface area (Å²) in [4.78, 5) is 56.9. The molecular formula is C27H24N4O4. The molecule has 3 aromatic rings. The van der Waals surface area contributed by atoms with Crippen molar-refractivity contribution in [2.24, 2.45) is 4.99 Å². The van der Waals surface area contributed by atoms with E-state index in [0.717, 1.165) is 11.1 Å². The highest BCUT2D eigenvalue weighted by atomic mass is 16.2. The molecule has 8 heteroatoms. The average molecular weight is 469 g/mol. The number of fused-ring (bicyclic) bond motifs is 1. The van der Waals surface area contributed by atoms with Crippen molar-refractivity contribution in [2.45, 2.75) is 19.1 Å². The summed E-state index contributed by atoms with van der Waals surface area (Å²) in [6.07, 6.45) is -1.22. The van der Waals surface area contributed by atoms with Crippen molar-refractivity contribution in [1.29, 1.82) is 0 Å². The molecule has 0 saturated carbocycles. The highest BCUT2D eigenvalue weighted by Crippen LogP contribution is 2.27. The number of benzene rings is 3. The van der Waals surface area contributed by atoms with Crippen molar-refractivity contribution >= 4 is 34.9 Å². The first kappa shape index (κ1) is 23.6. The van der Waals surface area contributed by atoms with Crippen LogP contribution >= 0.6 is 0 Å². The number of Topliss-reactive ketones (excluding diaryl/α,β-unsaturated/α-hetero) is 1. The Morgan fingerprint density at radius 1 is 0.886 bits per heavy atom. The van der Waals surface area contributed by atoms with Gasteiger partial charge in [0, 0.05) is 23.7 Å². The third-order valence-electron chi connectivity index (χ3n) is 5.65. The molecule has 0 fully saturated rings. The van der Waals surface area contributed by atoms with Gasteiger partial charge in [0.25, 0.3) is 11.8 Å². The lowest BCUT2D eigenvalue weighted by Gasteiger charge is -2.22. The number of hydrogen-bond donors (Lipinski definition) is 2. The fourth-order valence-electron chi connectivity index (χ4n) is 3.75. The van der Waals surface area contributed by atoms with Crippen molar-refractivity contribution < 1.29 is 19.2 Å². The first-order chi connectivity index (χ1) is 16.9. The van der Waals surface area contributed by atoms with Crippen molar-refractivity contribution in [2.75, 3.05) is 11.9 Å². The minimum Gasteiger partial charge on any atom is -0.338 e. The highest BCUT2D eigenvalue weighted by Gasteiger charge is 2.32. The van der Waals surface area contributed by atoms with Crippen LogP contribution in [0.15, 0.2) is 89.9 Å². The Labute approximate surface area is 202 Å². The van der Waals surface area contributed by atoms with Gasteiger partial charge in [0.05, 0.1) is 11.4 Å². The summed E-state index contributed by atoms with van der Waals surface area (Å²) in [6, 6.07) is 23.7. The molecule has 1 aliphatic heterocycles. The number of amides is 3. The van der Waals surface area contributed by atoms with Crippen molar-refractivity contribution in [1.82, 2.24) is 10.6 Å². The number of nitrogens with zero attached hydrogens (tertiary/aromatic N) is 2. The van der Waals surface area contributed by atoms with Gasteiger partial charge in [-0.15, -0.1) is 0 Å². The number of aliphatic imine (C=N–C) groups is 1. The second-order valence-corrected chi connectivity index (χ2v) is 8.06. The zero-order valence-electron chi connectivity index (χ0n) is 19.3. The summed E-state index contributed by atoms with van der Waals surface area (Å²) in [5.41, 5.74) is 2.97. The van der Waals surface area contributed by atoms with E-state index in [1.54, 1.807) is 25.2 Å². The number of nitrogens with one attached hydrogen (secondary N) is 2. The van der Waals surface area contributed by atoms with E-state index in [0.29, 0.717) is 11.4 Å². The largest absolute Gasteiger partial charge is 0.338 e. The van der Waals surface area contributed by atoms with Crippen LogP contribution in [-0.4, -0.2) is 48.5 Å². The Morgan fingerprint density at radius 3 is 2.17 bits per heavy atom. The van der Waals surface area contributed by atoms with Gasteiger partial charge in [-0.3, -0.25) is 19.2 Å². The van der Waals surface area contributed by atoms with E-state index >= 15 is 0 Å². The molecule has 2 atom stereocenters. The SMILES string of the molecule is C[C@H](NC(=O)C(=O)c1ccccc1)C(=O)N[C@H]1N=C(c2ccccc2)c2ccccc2N(C)C1=O. The Bertz CT molecular complexity index is 1310. The minimum absolute atomic E-state index is 0.216. The first-order valence-corrected chi connectivity index (χ1v) is 11.1. The predicted molar refractivity (Wildman–Crippen MR) is 132 cm³/mol. The van der Waals surface area contributed by atoms with Crippen LogP contribution in [-0.2, 0) is 14.4 Å². The van der Waals surface area contributed by atoms with Crippen LogP contribution in [0.5, 0.6) is 0 Å². The zero-order valence-corrected chi connectivity index (χ0v) is 19.3. The molecule has 35 heavy (non-hydrogen) atoms. The maximum absolute atomic E-state index is 13.2. The first-order valence-electron chi connectivity index (χ1n) is 11.1. The molecule has 1 heterocycles. The summed E-state index contributed by atoms with van der Waals surface area (Å²) in [5, 5.41) is 5.01. The Balaban J connectivity index is 1.57. The lowest BCUT2D eigenvalue weighted by atomic mass is 10.0. The van der Waals surface area contributed by atoms with Gasteiger partial charge in [-0.2, -0.15) is 0 Å². The Hall–Kier alpha value is -4.59. The molecule has 0 spiro atoms. The van der Waals surface area contributed by atoms with Crippen LogP contribution in [0.1, 0.15) is 28.4 Å². The maximum Gasteiger partial charge on any atom is 0.293 e. The predicted octanol–water partition coefficient (Wildman–Crippen LogP) is 2.33. The lowest BCUT2D eigenvalue weighted by Crippen LogP contribution is -2.53. The number of rotatable bonds is 6. The number of hydrogen-bond acceptors (Lipinski definition) is 5. The molecule has 0 saturated heterocycles. The van der Waals surface area contributed by atoms with E-state index in [2.05, 4.69) is 15.6 Å². The van der Waals surface area contributed by atoms with Gasteiger partial charge in [0.15, 0.2) is 0 Å². The Morgan fingerprint density at radius 2 is 1.49 bits per heavy atom. The smallest absolute Gasteiger partial charge is 0.293 e. The molecule has 4 rings (SSSR count). The number of benzodiazepines with no additional fused rings is 1. The summed E-state index contributed by atoms with van der Waals surface area (Å²) >= 11 is 0. The van der Waals surface area contributed by atoms with E-state index in [4.69, 9.17) is 0 Å². The van der Waals surface area contributed by atoms with Crippen LogP contribution in [0, 0.1) is 0 Å². The van der Waals surface area contributed by atoms with Crippen LogP contribution in [0.3, 0.4) is 0 Å². The number of carbonyl (C=O) groups is 4. The van der Waals surface area contributed by atoms with E-state index in [1.807, 2.05) is 54.6 Å². The average Bonchev–Trinajstić information content (AvgIpc) is 2.99. The molecule has 0 radical (unpaired) electrons. The second kappa shape index (κ2) is 10.1. The van der Waals surface area contributed by atoms with Crippen LogP contribution in [0.4, 0.5) is 5.69 Å². The van der Waals surface area contributed by atoms with Crippen LogP contribution < -0.4 is 15.5 Å². The topological polar surface area (TPSA) is 108 Å². The summed E-state index contributed by atoms with van der Waals surface area (Å²) < 4.78 is 0. The molecule has 1 aliphatic rings.